The van der Waals surface area contributed by atoms with Crippen LogP contribution in [0.5, 0.6) is 17.2 Å². The van der Waals surface area contributed by atoms with Crippen molar-refractivity contribution in [2.75, 3.05) is 26.6 Å². The van der Waals surface area contributed by atoms with Crippen molar-refractivity contribution in [1.29, 1.82) is 5.26 Å². The molecule has 1 aliphatic rings. The molecule has 0 radical (unpaired) electrons. The number of carbonyl (C=O) groups excluding carboxylic acids is 1. The van der Waals surface area contributed by atoms with Gasteiger partial charge in [0, 0.05) is 5.56 Å². The Morgan fingerprint density at radius 2 is 1.82 bits per heavy atom. The van der Waals surface area contributed by atoms with Crippen molar-refractivity contribution in [3.8, 4) is 23.3 Å². The average Bonchev–Trinajstić information content (AvgIpc) is 3.09. The third-order valence-corrected chi connectivity index (χ3v) is 4.90. The number of methoxy groups -OCH3 is 3. The SMILES string of the molecule is COc1ccc(C2C(C#N)C(=O)Nc3nc4ccccc4n32)c(OC)c1OC. The number of nitrogens with one attached hydrogen (secondary N) is 1. The van der Waals surface area contributed by atoms with Crippen molar-refractivity contribution in [3.63, 3.8) is 0 Å². The van der Waals surface area contributed by atoms with E-state index in [1.807, 2.05) is 28.8 Å². The Labute approximate surface area is 161 Å². The zero-order valence-corrected chi connectivity index (χ0v) is 15.6. The van der Waals surface area contributed by atoms with Crippen LogP contribution in [0.25, 0.3) is 11.0 Å². The van der Waals surface area contributed by atoms with Gasteiger partial charge in [0.15, 0.2) is 17.4 Å². The molecule has 0 aliphatic carbocycles. The van der Waals surface area contributed by atoms with Crippen LogP contribution < -0.4 is 19.5 Å². The lowest BCUT2D eigenvalue weighted by Gasteiger charge is -2.31. The monoisotopic (exact) mass is 378 g/mol. The first-order valence-electron chi connectivity index (χ1n) is 8.60. The summed E-state index contributed by atoms with van der Waals surface area (Å²) in [7, 11) is 4.56. The number of hydrogen-bond acceptors (Lipinski definition) is 6. The number of imidazole rings is 1. The third kappa shape index (κ3) is 2.44. The van der Waals surface area contributed by atoms with E-state index < -0.39 is 17.9 Å². The highest BCUT2D eigenvalue weighted by Gasteiger charge is 2.41. The van der Waals surface area contributed by atoms with Crippen molar-refractivity contribution in [2.24, 2.45) is 5.92 Å². The molecule has 0 fully saturated rings. The Morgan fingerprint density at radius 1 is 1.07 bits per heavy atom. The second-order valence-electron chi connectivity index (χ2n) is 6.26. The summed E-state index contributed by atoms with van der Waals surface area (Å²) in [6, 6.07) is 12.5. The molecule has 142 valence electrons. The first-order valence-corrected chi connectivity index (χ1v) is 8.60. The second-order valence-corrected chi connectivity index (χ2v) is 6.26. The standard InChI is InChI=1S/C20H18N4O4/c1-26-15-9-8-11(17(27-2)18(15)28-3)16-12(10-21)19(25)23-20-22-13-6-4-5-7-14(13)24(16)20/h4-9,12,16H,1-3H3,(H,22,23,25). The fourth-order valence-electron chi connectivity index (χ4n) is 3.70. The van der Waals surface area contributed by atoms with E-state index in [1.165, 1.54) is 21.3 Å². The van der Waals surface area contributed by atoms with Crippen LogP contribution in [0.15, 0.2) is 36.4 Å². The molecular weight excluding hydrogens is 360 g/mol. The van der Waals surface area contributed by atoms with E-state index in [1.54, 1.807) is 12.1 Å². The molecule has 0 spiro atoms. The molecule has 8 heteroatoms. The highest BCUT2D eigenvalue weighted by Crippen LogP contribution is 2.47. The zero-order valence-electron chi connectivity index (χ0n) is 15.6. The maximum atomic E-state index is 12.6. The number of benzene rings is 2. The Balaban J connectivity index is 2.04. The third-order valence-electron chi connectivity index (χ3n) is 4.90. The number of fused-ring (bicyclic) bond motifs is 3. The minimum atomic E-state index is -0.975. The lowest BCUT2D eigenvalue weighted by Crippen LogP contribution is -2.37. The van der Waals surface area contributed by atoms with Crippen LogP contribution in [-0.2, 0) is 4.79 Å². The summed E-state index contributed by atoms with van der Waals surface area (Å²) >= 11 is 0. The fraction of sp³-hybridized carbons (Fsp3) is 0.250. The van der Waals surface area contributed by atoms with Crippen molar-refractivity contribution in [2.45, 2.75) is 6.04 Å². The van der Waals surface area contributed by atoms with E-state index in [-0.39, 0.29) is 0 Å². The molecule has 2 unspecified atom stereocenters. The number of aromatic nitrogens is 2. The average molecular weight is 378 g/mol. The van der Waals surface area contributed by atoms with Gasteiger partial charge in [-0.3, -0.25) is 10.1 Å². The number of hydrogen-bond donors (Lipinski definition) is 1. The molecular formula is C20H18N4O4. The van der Waals surface area contributed by atoms with Crippen LogP contribution in [0.4, 0.5) is 5.95 Å². The maximum absolute atomic E-state index is 12.6. The van der Waals surface area contributed by atoms with Gasteiger partial charge in [-0.25, -0.2) is 4.98 Å². The van der Waals surface area contributed by atoms with Gasteiger partial charge in [0.05, 0.1) is 44.5 Å². The molecule has 28 heavy (non-hydrogen) atoms. The summed E-state index contributed by atoms with van der Waals surface area (Å²) in [5.74, 6) is 0.304. The quantitative estimate of drug-likeness (QED) is 0.750. The van der Waals surface area contributed by atoms with Gasteiger partial charge >= 0.3 is 0 Å². The molecule has 2 atom stereocenters. The minimum absolute atomic E-state index is 0.388. The zero-order chi connectivity index (χ0) is 19.8. The van der Waals surface area contributed by atoms with Gasteiger partial charge in [-0.2, -0.15) is 5.26 Å². The summed E-state index contributed by atoms with van der Waals surface area (Å²) in [6.07, 6.45) is 0. The number of nitriles is 1. The topological polar surface area (TPSA) is 98.4 Å². The smallest absolute Gasteiger partial charge is 0.246 e. The molecule has 2 aromatic carbocycles. The number of ether oxygens (including phenoxy) is 3. The van der Waals surface area contributed by atoms with Gasteiger partial charge in [0.1, 0.15) is 0 Å². The van der Waals surface area contributed by atoms with Crippen LogP contribution in [0, 0.1) is 17.2 Å². The maximum Gasteiger partial charge on any atom is 0.246 e. The lowest BCUT2D eigenvalue weighted by atomic mass is 9.90. The Hall–Kier alpha value is -3.73. The van der Waals surface area contributed by atoms with Crippen LogP contribution in [0.3, 0.4) is 0 Å². The van der Waals surface area contributed by atoms with E-state index in [9.17, 15) is 10.1 Å². The van der Waals surface area contributed by atoms with Gasteiger partial charge in [-0.15, -0.1) is 0 Å². The molecule has 0 saturated carbocycles. The lowest BCUT2D eigenvalue weighted by molar-refractivity contribution is -0.119. The van der Waals surface area contributed by atoms with Crippen molar-refractivity contribution < 1.29 is 19.0 Å². The van der Waals surface area contributed by atoms with Crippen molar-refractivity contribution in [1.82, 2.24) is 9.55 Å². The number of nitrogens with zero attached hydrogens (tertiary/aromatic N) is 3. The highest BCUT2D eigenvalue weighted by atomic mass is 16.5. The summed E-state index contributed by atoms with van der Waals surface area (Å²) < 4.78 is 18.3. The molecule has 1 aromatic heterocycles. The summed E-state index contributed by atoms with van der Waals surface area (Å²) in [5.41, 5.74) is 2.16. The molecule has 4 rings (SSSR count). The predicted octanol–water partition coefficient (Wildman–Crippen LogP) is 2.74. The highest BCUT2D eigenvalue weighted by molar-refractivity contribution is 5.97. The predicted molar refractivity (Wildman–Crippen MR) is 102 cm³/mol. The van der Waals surface area contributed by atoms with Gasteiger partial charge in [0.25, 0.3) is 0 Å². The first kappa shape index (κ1) is 17.7. The first-order chi connectivity index (χ1) is 13.6. The fourth-order valence-corrected chi connectivity index (χ4v) is 3.70. The summed E-state index contributed by atoms with van der Waals surface area (Å²) in [6.45, 7) is 0. The van der Waals surface area contributed by atoms with E-state index in [4.69, 9.17) is 14.2 Å². The molecule has 8 nitrogen and oxygen atoms in total. The number of anilines is 1. The molecule has 2 heterocycles. The van der Waals surface area contributed by atoms with Crippen LogP contribution in [-0.4, -0.2) is 36.8 Å². The van der Waals surface area contributed by atoms with Crippen LogP contribution in [0.1, 0.15) is 11.6 Å². The van der Waals surface area contributed by atoms with Crippen molar-refractivity contribution in [3.05, 3.63) is 42.0 Å². The normalized spacial score (nSPS) is 18.1. The Morgan fingerprint density at radius 3 is 2.50 bits per heavy atom. The molecule has 1 amide bonds. The number of amides is 1. The van der Waals surface area contributed by atoms with E-state index in [0.717, 1.165) is 11.0 Å². The Kier molecular flexibility index (Phi) is 4.28. The number of rotatable bonds is 4. The van der Waals surface area contributed by atoms with Gasteiger partial charge < -0.3 is 18.8 Å². The summed E-state index contributed by atoms with van der Waals surface area (Å²) in [5, 5.41) is 12.5. The van der Waals surface area contributed by atoms with Gasteiger partial charge in [0.2, 0.25) is 17.6 Å². The molecule has 0 saturated heterocycles. The van der Waals surface area contributed by atoms with Gasteiger partial charge in [-0.1, -0.05) is 12.1 Å². The van der Waals surface area contributed by atoms with E-state index in [2.05, 4.69) is 16.4 Å². The van der Waals surface area contributed by atoms with E-state index >= 15 is 0 Å². The summed E-state index contributed by atoms with van der Waals surface area (Å²) in [4.78, 5) is 17.1. The molecule has 1 N–H and O–H groups in total. The molecule has 0 bridgehead atoms. The van der Waals surface area contributed by atoms with Crippen LogP contribution in [0.2, 0.25) is 0 Å². The Bertz CT molecular complexity index is 1120. The van der Waals surface area contributed by atoms with Crippen LogP contribution >= 0.6 is 0 Å². The second kappa shape index (κ2) is 6.78. The number of para-hydroxylation sites is 2. The molecule has 3 aromatic rings. The van der Waals surface area contributed by atoms with Crippen molar-refractivity contribution >= 4 is 22.9 Å². The number of carbonyl (C=O) groups is 1. The molecule has 1 aliphatic heterocycles. The van der Waals surface area contributed by atoms with E-state index in [0.29, 0.717) is 28.8 Å². The largest absolute Gasteiger partial charge is 0.493 e. The van der Waals surface area contributed by atoms with Gasteiger partial charge in [-0.05, 0) is 24.3 Å². The minimum Gasteiger partial charge on any atom is -0.493 e.